The lowest BCUT2D eigenvalue weighted by Gasteiger charge is -2.29. The molecule has 21 heavy (non-hydrogen) atoms. The third-order valence-corrected chi connectivity index (χ3v) is 4.29. The number of morpholine rings is 1. The molecule has 2 aliphatic rings. The molecule has 1 aromatic rings. The van der Waals surface area contributed by atoms with Gasteiger partial charge in [-0.15, -0.1) is 0 Å². The number of rotatable bonds is 4. The van der Waals surface area contributed by atoms with E-state index in [0.717, 1.165) is 57.8 Å². The van der Waals surface area contributed by atoms with Gasteiger partial charge in [-0.25, -0.2) is 4.39 Å². The maximum absolute atomic E-state index is 14.3. The number of nitrogens with one attached hydrogen (secondary N) is 1. The van der Waals surface area contributed by atoms with Crippen LogP contribution in [-0.4, -0.2) is 63.9 Å². The summed E-state index contributed by atoms with van der Waals surface area (Å²) in [4.78, 5) is 4.50. The zero-order chi connectivity index (χ0) is 14.5. The van der Waals surface area contributed by atoms with Gasteiger partial charge in [0.25, 0.3) is 0 Å². The molecule has 2 heterocycles. The van der Waals surface area contributed by atoms with Gasteiger partial charge in [-0.2, -0.15) is 0 Å². The summed E-state index contributed by atoms with van der Waals surface area (Å²) in [5.41, 5.74) is 1.80. The van der Waals surface area contributed by atoms with Gasteiger partial charge in [0.05, 0.1) is 18.9 Å². The number of hydrogen-bond donors (Lipinski definition) is 1. The Morgan fingerprint density at radius 3 is 2.57 bits per heavy atom. The molecule has 0 atom stereocenters. The first-order valence-corrected chi connectivity index (χ1v) is 7.87. The van der Waals surface area contributed by atoms with Gasteiger partial charge in [0, 0.05) is 45.8 Å². The fourth-order valence-corrected chi connectivity index (χ4v) is 2.99. The van der Waals surface area contributed by atoms with Crippen LogP contribution in [0.1, 0.15) is 5.56 Å². The number of ether oxygens (including phenoxy) is 1. The molecule has 2 aliphatic heterocycles. The highest BCUT2D eigenvalue weighted by Gasteiger charge is 2.15. The van der Waals surface area contributed by atoms with E-state index >= 15 is 0 Å². The average molecular weight is 293 g/mol. The Bertz CT molecular complexity index is 457. The Morgan fingerprint density at radius 1 is 1.10 bits per heavy atom. The van der Waals surface area contributed by atoms with Crippen LogP contribution in [0.4, 0.5) is 10.1 Å². The van der Waals surface area contributed by atoms with Crippen molar-refractivity contribution in [2.75, 3.05) is 63.9 Å². The lowest BCUT2D eigenvalue weighted by Crippen LogP contribution is -2.44. The van der Waals surface area contributed by atoms with Crippen LogP contribution in [0.5, 0.6) is 0 Å². The molecular weight excluding hydrogens is 269 g/mol. The molecule has 0 aromatic heterocycles. The summed E-state index contributed by atoms with van der Waals surface area (Å²) < 4.78 is 19.6. The van der Waals surface area contributed by atoms with Crippen LogP contribution in [0.25, 0.3) is 0 Å². The molecule has 0 aliphatic carbocycles. The molecule has 1 N–H and O–H groups in total. The second kappa shape index (κ2) is 7.20. The van der Waals surface area contributed by atoms with E-state index in [9.17, 15) is 4.39 Å². The fraction of sp³-hybridized carbons (Fsp3) is 0.625. The summed E-state index contributed by atoms with van der Waals surface area (Å²) in [6.45, 7) is 8.23. The molecule has 116 valence electrons. The molecule has 3 rings (SSSR count). The van der Waals surface area contributed by atoms with Crippen molar-refractivity contribution in [3.63, 3.8) is 0 Å². The van der Waals surface area contributed by atoms with E-state index in [1.807, 2.05) is 6.07 Å². The average Bonchev–Trinajstić information content (AvgIpc) is 2.55. The summed E-state index contributed by atoms with van der Waals surface area (Å²) in [5.74, 6) is -0.102. The van der Waals surface area contributed by atoms with E-state index in [-0.39, 0.29) is 5.82 Å². The van der Waals surface area contributed by atoms with E-state index in [0.29, 0.717) is 18.9 Å². The van der Waals surface area contributed by atoms with E-state index in [4.69, 9.17) is 4.74 Å². The maximum Gasteiger partial charge on any atom is 0.146 e. The Labute approximate surface area is 125 Å². The summed E-state index contributed by atoms with van der Waals surface area (Å²) in [6.07, 6.45) is 0.917. The first-order chi connectivity index (χ1) is 10.3. The third kappa shape index (κ3) is 3.93. The monoisotopic (exact) mass is 293 g/mol. The molecule has 0 spiro atoms. The van der Waals surface area contributed by atoms with E-state index in [1.54, 1.807) is 6.07 Å². The number of hydrogen-bond acceptors (Lipinski definition) is 4. The van der Waals surface area contributed by atoms with Crippen LogP contribution >= 0.6 is 0 Å². The summed E-state index contributed by atoms with van der Waals surface area (Å²) in [7, 11) is 0. The topological polar surface area (TPSA) is 27.7 Å². The largest absolute Gasteiger partial charge is 0.378 e. The fourth-order valence-electron chi connectivity index (χ4n) is 2.99. The summed E-state index contributed by atoms with van der Waals surface area (Å²) in [6, 6.07) is 5.69. The predicted octanol–water partition coefficient (Wildman–Crippen LogP) is 1.11. The van der Waals surface area contributed by atoms with Crippen LogP contribution in [-0.2, 0) is 11.2 Å². The van der Waals surface area contributed by atoms with Gasteiger partial charge < -0.3 is 19.9 Å². The number of halogens is 1. The van der Waals surface area contributed by atoms with Gasteiger partial charge >= 0.3 is 0 Å². The highest BCUT2D eigenvalue weighted by molar-refractivity contribution is 5.49. The first kappa shape index (κ1) is 14.8. The highest BCUT2D eigenvalue weighted by Crippen LogP contribution is 2.22. The van der Waals surface area contributed by atoms with Gasteiger partial charge in [-0.05, 0) is 24.1 Å². The number of nitrogens with zero attached hydrogens (tertiary/aromatic N) is 2. The molecule has 4 nitrogen and oxygen atoms in total. The molecule has 5 heteroatoms. The Kier molecular flexibility index (Phi) is 5.06. The normalized spacial score (nSPS) is 20.7. The minimum absolute atomic E-state index is 0.102. The minimum atomic E-state index is -0.102. The van der Waals surface area contributed by atoms with E-state index in [1.165, 1.54) is 0 Å². The second-order valence-corrected chi connectivity index (χ2v) is 5.73. The summed E-state index contributed by atoms with van der Waals surface area (Å²) in [5, 5.41) is 3.35. The Hall–Kier alpha value is -1.17. The SMILES string of the molecule is Fc1cc(CCN2CCNCC2)ccc1N1CCOCC1. The molecule has 2 fully saturated rings. The van der Waals surface area contributed by atoms with E-state index < -0.39 is 0 Å². The number of piperazine rings is 1. The number of anilines is 1. The molecule has 1 aromatic carbocycles. The van der Waals surface area contributed by atoms with Crippen LogP contribution in [0, 0.1) is 5.82 Å². The van der Waals surface area contributed by atoms with E-state index in [2.05, 4.69) is 21.2 Å². The lowest BCUT2D eigenvalue weighted by molar-refractivity contribution is 0.122. The van der Waals surface area contributed by atoms with Crippen LogP contribution in [0.3, 0.4) is 0 Å². The van der Waals surface area contributed by atoms with Gasteiger partial charge in [0.1, 0.15) is 5.82 Å². The van der Waals surface area contributed by atoms with Crippen molar-refractivity contribution in [1.82, 2.24) is 10.2 Å². The second-order valence-electron chi connectivity index (χ2n) is 5.73. The van der Waals surface area contributed by atoms with Crippen molar-refractivity contribution >= 4 is 5.69 Å². The zero-order valence-corrected chi connectivity index (χ0v) is 12.5. The highest BCUT2D eigenvalue weighted by atomic mass is 19.1. The first-order valence-electron chi connectivity index (χ1n) is 7.87. The van der Waals surface area contributed by atoms with Crippen LogP contribution in [0.15, 0.2) is 18.2 Å². The van der Waals surface area contributed by atoms with Crippen molar-refractivity contribution in [1.29, 1.82) is 0 Å². The Morgan fingerprint density at radius 2 is 1.86 bits per heavy atom. The van der Waals surface area contributed by atoms with Gasteiger partial charge in [-0.3, -0.25) is 0 Å². The van der Waals surface area contributed by atoms with Gasteiger partial charge in [-0.1, -0.05) is 6.07 Å². The molecule has 2 saturated heterocycles. The standard InChI is InChI=1S/C16H24FN3O/c17-15-13-14(3-6-19-7-4-18-5-8-19)1-2-16(15)20-9-11-21-12-10-20/h1-2,13,18H,3-12H2. The lowest BCUT2D eigenvalue weighted by atomic mass is 10.1. The number of benzene rings is 1. The van der Waals surface area contributed by atoms with Crippen LogP contribution < -0.4 is 10.2 Å². The van der Waals surface area contributed by atoms with Crippen LogP contribution in [0.2, 0.25) is 0 Å². The Balaban J connectivity index is 1.58. The molecule has 0 radical (unpaired) electrons. The maximum atomic E-state index is 14.3. The van der Waals surface area contributed by atoms with Crippen molar-refractivity contribution in [3.05, 3.63) is 29.6 Å². The molecule has 0 amide bonds. The molecular formula is C16H24FN3O. The minimum Gasteiger partial charge on any atom is -0.378 e. The van der Waals surface area contributed by atoms with Crippen molar-refractivity contribution in [2.45, 2.75) is 6.42 Å². The van der Waals surface area contributed by atoms with Crippen molar-refractivity contribution in [2.24, 2.45) is 0 Å². The van der Waals surface area contributed by atoms with Gasteiger partial charge in [0.2, 0.25) is 0 Å². The third-order valence-electron chi connectivity index (χ3n) is 4.29. The van der Waals surface area contributed by atoms with Crippen molar-refractivity contribution < 1.29 is 9.13 Å². The zero-order valence-electron chi connectivity index (χ0n) is 12.5. The molecule has 0 unspecified atom stereocenters. The summed E-state index contributed by atoms with van der Waals surface area (Å²) >= 11 is 0. The quantitative estimate of drug-likeness (QED) is 0.900. The molecule has 0 saturated carbocycles. The molecule has 0 bridgehead atoms. The van der Waals surface area contributed by atoms with Crippen molar-refractivity contribution in [3.8, 4) is 0 Å². The smallest absolute Gasteiger partial charge is 0.146 e. The van der Waals surface area contributed by atoms with Gasteiger partial charge in [0.15, 0.2) is 0 Å². The predicted molar refractivity (Wildman–Crippen MR) is 82.4 cm³/mol.